The highest BCUT2D eigenvalue weighted by atomic mass is 32.2. The minimum absolute atomic E-state index is 0.110. The Balaban J connectivity index is 2.12. The fourth-order valence-electron chi connectivity index (χ4n) is 3.15. The molecule has 0 saturated carbocycles. The lowest BCUT2D eigenvalue weighted by atomic mass is 10.1. The Morgan fingerprint density at radius 1 is 1.08 bits per heavy atom. The van der Waals surface area contributed by atoms with Crippen LogP contribution in [0.3, 0.4) is 0 Å². The van der Waals surface area contributed by atoms with Gasteiger partial charge in [0.25, 0.3) is 0 Å². The van der Waals surface area contributed by atoms with E-state index in [1.807, 2.05) is 0 Å². The number of amides is 2. The van der Waals surface area contributed by atoms with Crippen molar-refractivity contribution in [1.29, 1.82) is 0 Å². The molecule has 9 nitrogen and oxygen atoms in total. The molecule has 0 N–H and O–H groups in total. The summed E-state index contributed by atoms with van der Waals surface area (Å²) in [5.74, 6) is -0.374. The van der Waals surface area contributed by atoms with E-state index in [1.54, 1.807) is 23.9 Å². The summed E-state index contributed by atoms with van der Waals surface area (Å²) in [5, 5.41) is 0. The second kappa shape index (κ2) is 7.66. The number of sulfone groups is 1. The van der Waals surface area contributed by atoms with Gasteiger partial charge in [-0.2, -0.15) is 0 Å². The first-order valence-corrected chi connectivity index (χ1v) is 9.64. The predicted octanol–water partition coefficient (Wildman–Crippen LogP) is -1.36. The number of likely N-dealkylation sites (N-methyl/N-ethyl adjacent to an activating group) is 1. The Kier molecular flexibility index (Phi) is 6.05. The van der Waals surface area contributed by atoms with E-state index in [9.17, 15) is 18.0 Å². The predicted molar refractivity (Wildman–Crippen MR) is 86.4 cm³/mol. The molecule has 2 fully saturated rings. The fourth-order valence-corrected chi connectivity index (χ4v) is 5.13. The smallest absolute Gasteiger partial charge is 0.410 e. The number of methoxy groups -OCH3 is 1. The lowest BCUT2D eigenvalue weighted by molar-refractivity contribution is -0.137. The summed E-state index contributed by atoms with van der Waals surface area (Å²) in [6.45, 7) is 1.17. The zero-order valence-electron chi connectivity index (χ0n) is 14.3. The number of ether oxygens (including phenoxy) is 2. The summed E-state index contributed by atoms with van der Waals surface area (Å²) in [6.07, 6.45) is -0.557. The Labute approximate surface area is 142 Å². The third-order valence-corrected chi connectivity index (χ3v) is 5.89. The second-order valence-electron chi connectivity index (χ2n) is 6.34. The van der Waals surface area contributed by atoms with Gasteiger partial charge in [-0.05, 0) is 14.1 Å². The Morgan fingerprint density at radius 3 is 2.25 bits per heavy atom. The molecule has 138 valence electrons. The monoisotopic (exact) mass is 363 g/mol. The minimum Gasteiger partial charge on any atom is -0.447 e. The normalized spacial score (nSPS) is 25.7. The van der Waals surface area contributed by atoms with Crippen LogP contribution < -0.4 is 0 Å². The molecule has 0 bridgehead atoms. The number of nitrogens with zero attached hydrogens (tertiary/aromatic N) is 3. The van der Waals surface area contributed by atoms with Crippen LogP contribution >= 0.6 is 0 Å². The number of carbonyl (C=O) groups excluding carboxylic acids is 2. The molecule has 2 aliphatic rings. The molecule has 2 saturated heterocycles. The molecule has 2 rings (SSSR count). The third-order valence-electron chi connectivity index (χ3n) is 4.20. The van der Waals surface area contributed by atoms with Crippen LogP contribution in [-0.4, -0.2) is 113 Å². The van der Waals surface area contributed by atoms with E-state index < -0.39 is 28.0 Å². The van der Waals surface area contributed by atoms with Gasteiger partial charge in [-0.25, -0.2) is 13.2 Å². The summed E-state index contributed by atoms with van der Waals surface area (Å²) in [6, 6.07) is -1.06. The van der Waals surface area contributed by atoms with Crippen LogP contribution in [0, 0.1) is 0 Å². The molecule has 24 heavy (non-hydrogen) atoms. The van der Waals surface area contributed by atoms with Crippen molar-refractivity contribution >= 4 is 21.8 Å². The van der Waals surface area contributed by atoms with E-state index >= 15 is 0 Å². The molecular formula is C14H25N3O6S. The van der Waals surface area contributed by atoms with E-state index in [1.165, 1.54) is 12.0 Å². The van der Waals surface area contributed by atoms with Gasteiger partial charge < -0.3 is 24.2 Å². The molecule has 0 unspecified atom stereocenters. The first kappa shape index (κ1) is 18.9. The van der Waals surface area contributed by atoms with E-state index in [2.05, 4.69) is 0 Å². The average Bonchev–Trinajstić information content (AvgIpc) is 2.80. The average molecular weight is 363 g/mol. The lowest BCUT2D eigenvalue weighted by Crippen LogP contribution is -2.62. The second-order valence-corrected chi connectivity index (χ2v) is 8.49. The van der Waals surface area contributed by atoms with Crippen LogP contribution in [0.1, 0.15) is 0 Å². The Morgan fingerprint density at radius 2 is 1.67 bits per heavy atom. The maximum Gasteiger partial charge on any atom is 0.410 e. The van der Waals surface area contributed by atoms with Crippen molar-refractivity contribution in [3.05, 3.63) is 0 Å². The number of hydrogen-bond donors (Lipinski definition) is 0. The highest BCUT2D eigenvalue weighted by Crippen LogP contribution is 2.27. The molecule has 0 aromatic carbocycles. The van der Waals surface area contributed by atoms with Crippen molar-refractivity contribution in [2.45, 2.75) is 12.1 Å². The summed E-state index contributed by atoms with van der Waals surface area (Å²) >= 11 is 0. The lowest BCUT2D eigenvalue weighted by Gasteiger charge is -2.43. The number of hydrogen-bond acceptors (Lipinski definition) is 7. The van der Waals surface area contributed by atoms with Gasteiger partial charge in [0, 0.05) is 20.2 Å². The van der Waals surface area contributed by atoms with Crippen LogP contribution in [0.25, 0.3) is 0 Å². The van der Waals surface area contributed by atoms with Crippen LogP contribution in [0.15, 0.2) is 0 Å². The van der Waals surface area contributed by atoms with E-state index in [-0.39, 0.29) is 43.7 Å². The van der Waals surface area contributed by atoms with E-state index in [4.69, 9.17) is 9.47 Å². The molecule has 2 aliphatic heterocycles. The Hall–Kier alpha value is -1.39. The topological polar surface area (TPSA) is 96.5 Å². The molecular weight excluding hydrogens is 338 g/mol. The first-order valence-electron chi connectivity index (χ1n) is 7.82. The molecule has 2 amide bonds. The largest absolute Gasteiger partial charge is 0.447 e. The maximum atomic E-state index is 12.4. The van der Waals surface area contributed by atoms with Crippen LogP contribution in [0.4, 0.5) is 4.79 Å². The van der Waals surface area contributed by atoms with E-state index in [0.29, 0.717) is 6.54 Å². The fraction of sp³-hybridized carbons (Fsp3) is 0.857. The van der Waals surface area contributed by atoms with Crippen molar-refractivity contribution in [3.8, 4) is 0 Å². The van der Waals surface area contributed by atoms with Gasteiger partial charge >= 0.3 is 6.09 Å². The van der Waals surface area contributed by atoms with Crippen LogP contribution in [0.5, 0.6) is 0 Å². The SMILES string of the molecule is COCCOC(=O)N1CCN(C(=O)CN(C)C)[C@@H]2CS(=O)(=O)C[C@@H]21. The van der Waals surface area contributed by atoms with Gasteiger partial charge in [-0.1, -0.05) is 0 Å². The summed E-state index contributed by atoms with van der Waals surface area (Å²) < 4.78 is 34.1. The zero-order chi connectivity index (χ0) is 17.9. The minimum atomic E-state index is -3.30. The molecule has 0 spiro atoms. The number of rotatable bonds is 5. The molecule has 0 aromatic rings. The van der Waals surface area contributed by atoms with Crippen LogP contribution in [0.2, 0.25) is 0 Å². The quantitative estimate of drug-likeness (QED) is 0.557. The Bertz CT molecular complexity index is 579. The van der Waals surface area contributed by atoms with Crippen molar-refractivity contribution in [2.24, 2.45) is 0 Å². The van der Waals surface area contributed by atoms with Crippen molar-refractivity contribution in [1.82, 2.24) is 14.7 Å². The van der Waals surface area contributed by atoms with Crippen molar-refractivity contribution < 1.29 is 27.5 Å². The molecule has 10 heteroatoms. The highest BCUT2D eigenvalue weighted by Gasteiger charge is 2.49. The van der Waals surface area contributed by atoms with E-state index in [0.717, 1.165) is 0 Å². The number of fused-ring (bicyclic) bond motifs is 1. The standard InChI is InChI=1S/C14H25N3O6S/c1-15(2)8-13(18)16-4-5-17(14(19)23-7-6-22-3)12-10-24(20,21)9-11(12)16/h11-12H,4-10H2,1-3H3/t11-,12+/m1/s1. The zero-order valence-corrected chi connectivity index (χ0v) is 15.1. The van der Waals surface area contributed by atoms with Gasteiger partial charge in [0.1, 0.15) is 6.61 Å². The summed E-state index contributed by atoms with van der Waals surface area (Å²) in [7, 11) is 1.77. The molecule has 2 heterocycles. The van der Waals surface area contributed by atoms with Crippen molar-refractivity contribution in [2.75, 3.05) is 65.6 Å². The maximum absolute atomic E-state index is 12.4. The molecule has 0 aliphatic carbocycles. The first-order chi connectivity index (χ1) is 11.2. The summed E-state index contributed by atoms with van der Waals surface area (Å²) in [5.41, 5.74) is 0. The number of carbonyl (C=O) groups is 2. The van der Waals surface area contributed by atoms with Crippen LogP contribution in [-0.2, 0) is 24.1 Å². The number of piperazine rings is 1. The van der Waals surface area contributed by atoms with Crippen molar-refractivity contribution in [3.63, 3.8) is 0 Å². The summed E-state index contributed by atoms with van der Waals surface area (Å²) in [4.78, 5) is 29.4. The molecule has 2 atom stereocenters. The molecule has 0 aromatic heterocycles. The van der Waals surface area contributed by atoms with Gasteiger partial charge in [0.15, 0.2) is 9.84 Å². The van der Waals surface area contributed by atoms with Gasteiger partial charge in [-0.15, -0.1) is 0 Å². The van der Waals surface area contributed by atoms with Gasteiger partial charge in [-0.3, -0.25) is 4.79 Å². The third kappa shape index (κ3) is 4.37. The van der Waals surface area contributed by atoms with Gasteiger partial charge in [0.2, 0.25) is 5.91 Å². The van der Waals surface area contributed by atoms with Gasteiger partial charge in [0.05, 0.1) is 36.7 Å². The highest BCUT2D eigenvalue weighted by molar-refractivity contribution is 7.91. The molecule has 0 radical (unpaired) electrons.